The van der Waals surface area contributed by atoms with Gasteiger partial charge in [0.25, 0.3) is 0 Å². The molecule has 1 atom stereocenters. The molecule has 0 aliphatic heterocycles. The molecular formula is C70H49N. The molecule has 0 aromatic heterocycles. The maximum Gasteiger partial charge on any atom is 0.0540 e. The van der Waals surface area contributed by atoms with E-state index in [0.29, 0.717) is 0 Å². The van der Waals surface area contributed by atoms with Crippen molar-refractivity contribution >= 4 is 38.6 Å². The molecule has 1 aliphatic carbocycles. The number of benzene rings is 12. The molecule has 71 heavy (non-hydrogen) atoms. The smallest absolute Gasteiger partial charge is 0.0540 e. The minimum absolute atomic E-state index is 0.313. The molecule has 0 fully saturated rings. The molecule has 1 unspecified atom stereocenters. The fourth-order valence-electron chi connectivity index (χ4n) is 11.6. The number of anilines is 3. The Labute approximate surface area is 416 Å². The van der Waals surface area contributed by atoms with Crippen molar-refractivity contribution in [1.82, 2.24) is 0 Å². The van der Waals surface area contributed by atoms with E-state index >= 15 is 0 Å². The molecular weight excluding hydrogens is 855 g/mol. The van der Waals surface area contributed by atoms with Gasteiger partial charge in [-0.3, -0.25) is 0 Å². The van der Waals surface area contributed by atoms with E-state index in [2.05, 4.69) is 291 Å². The van der Waals surface area contributed by atoms with Gasteiger partial charge < -0.3 is 4.90 Å². The zero-order valence-electron chi connectivity index (χ0n) is 39.5. The van der Waals surface area contributed by atoms with E-state index in [-0.39, 0.29) is 5.41 Å². The largest absolute Gasteiger partial charge is 0.310 e. The molecule has 0 radical (unpaired) electrons. The highest BCUT2D eigenvalue weighted by atomic mass is 15.1. The minimum Gasteiger partial charge on any atom is -0.310 e. The molecule has 0 N–H and O–H groups in total. The average molecular weight is 904 g/mol. The molecule has 12 aromatic carbocycles. The monoisotopic (exact) mass is 903 g/mol. The predicted octanol–water partition coefficient (Wildman–Crippen LogP) is 19.1. The fraction of sp³-hybridized carbons (Fsp3) is 0.0286. The molecule has 0 amide bonds. The molecule has 13 rings (SSSR count). The van der Waals surface area contributed by atoms with Crippen LogP contribution in [0.25, 0.3) is 88.3 Å². The molecule has 0 saturated heterocycles. The summed E-state index contributed by atoms with van der Waals surface area (Å²) in [6, 6.07) is 103. The number of hydrogen-bond acceptors (Lipinski definition) is 1. The highest BCUT2D eigenvalue weighted by Crippen LogP contribution is 2.55. The van der Waals surface area contributed by atoms with Crippen LogP contribution in [0.2, 0.25) is 0 Å². The van der Waals surface area contributed by atoms with E-state index in [1.165, 1.54) is 82.7 Å². The van der Waals surface area contributed by atoms with Crippen LogP contribution in [0.3, 0.4) is 0 Å². The van der Waals surface area contributed by atoms with Gasteiger partial charge in [-0.2, -0.15) is 0 Å². The van der Waals surface area contributed by atoms with Crippen LogP contribution in [0, 0.1) is 0 Å². The van der Waals surface area contributed by atoms with Crippen LogP contribution in [-0.2, 0) is 5.41 Å². The van der Waals surface area contributed by atoms with E-state index < -0.39 is 0 Å². The summed E-state index contributed by atoms with van der Waals surface area (Å²) in [6.07, 6.45) is 0. The molecule has 0 bridgehead atoms. The summed E-state index contributed by atoms with van der Waals surface area (Å²) < 4.78 is 0. The molecule has 1 nitrogen and oxygen atoms in total. The quantitative estimate of drug-likeness (QED) is 0.130. The topological polar surface area (TPSA) is 3.24 Å². The molecule has 334 valence electrons. The van der Waals surface area contributed by atoms with Crippen LogP contribution in [0.4, 0.5) is 17.1 Å². The molecule has 0 saturated carbocycles. The number of rotatable bonds is 9. The molecule has 0 spiro atoms. The van der Waals surface area contributed by atoms with Crippen LogP contribution < -0.4 is 4.90 Å². The maximum absolute atomic E-state index is 2.51. The zero-order chi connectivity index (χ0) is 47.3. The first-order valence-corrected chi connectivity index (χ1v) is 24.7. The van der Waals surface area contributed by atoms with E-state index in [9.17, 15) is 0 Å². The third-order valence-corrected chi connectivity index (χ3v) is 14.9. The van der Waals surface area contributed by atoms with Gasteiger partial charge in [0.15, 0.2) is 0 Å². The fourth-order valence-corrected chi connectivity index (χ4v) is 11.6. The number of fused-ring (bicyclic) bond motifs is 6. The third kappa shape index (κ3) is 7.17. The second-order valence-corrected chi connectivity index (χ2v) is 18.9. The lowest BCUT2D eigenvalue weighted by Gasteiger charge is -2.31. The van der Waals surface area contributed by atoms with Crippen molar-refractivity contribution in [3.8, 4) is 66.8 Å². The lowest BCUT2D eigenvalue weighted by molar-refractivity contribution is 0.714. The molecule has 1 heteroatoms. The van der Waals surface area contributed by atoms with Gasteiger partial charge in [-0.1, -0.05) is 237 Å². The number of nitrogens with zero attached hydrogens (tertiary/aromatic N) is 1. The second-order valence-electron chi connectivity index (χ2n) is 18.9. The first-order valence-electron chi connectivity index (χ1n) is 24.7. The van der Waals surface area contributed by atoms with Gasteiger partial charge in [-0.05, 0) is 149 Å². The normalized spacial score (nSPS) is 13.8. The van der Waals surface area contributed by atoms with Crippen molar-refractivity contribution < 1.29 is 0 Å². The summed E-state index contributed by atoms with van der Waals surface area (Å²) >= 11 is 0. The van der Waals surface area contributed by atoms with Crippen LogP contribution in [0.15, 0.2) is 279 Å². The van der Waals surface area contributed by atoms with Crippen LogP contribution >= 0.6 is 0 Å². The average Bonchev–Trinajstić information content (AvgIpc) is 3.71. The van der Waals surface area contributed by atoms with Gasteiger partial charge >= 0.3 is 0 Å². The third-order valence-electron chi connectivity index (χ3n) is 14.9. The standard InChI is InChI=1S/C70H49N/c1-70(55-31-15-6-16-32-55)65-37-21-19-35-61(65)63-47-56(40-42-66(63)70)71(57-44-53(48-23-7-2-8-24-48)43-54(45-57)49-25-9-3-10-26-49)67-38-22-20-33-58(67)52-39-41-60-59-34-17-18-36-62(59)68(50-27-11-4-12-28-50)69(64(60)46-52)51-29-13-5-14-30-51/h2-47H,1H3. The van der Waals surface area contributed by atoms with Crippen molar-refractivity contribution in [1.29, 1.82) is 0 Å². The Morgan fingerprint density at radius 2 is 0.746 bits per heavy atom. The number of para-hydroxylation sites is 1. The van der Waals surface area contributed by atoms with Crippen LogP contribution in [0.1, 0.15) is 23.6 Å². The Morgan fingerprint density at radius 3 is 1.38 bits per heavy atom. The van der Waals surface area contributed by atoms with Crippen molar-refractivity contribution in [3.05, 3.63) is 296 Å². The van der Waals surface area contributed by atoms with E-state index in [1.54, 1.807) is 0 Å². The van der Waals surface area contributed by atoms with Crippen molar-refractivity contribution in [2.75, 3.05) is 4.90 Å². The zero-order valence-corrected chi connectivity index (χ0v) is 39.5. The summed E-state index contributed by atoms with van der Waals surface area (Å²) in [5.41, 5.74) is 21.3. The number of hydrogen-bond donors (Lipinski definition) is 0. The van der Waals surface area contributed by atoms with Gasteiger partial charge in [0.05, 0.1) is 5.69 Å². The maximum atomic E-state index is 2.51. The van der Waals surface area contributed by atoms with E-state index in [4.69, 9.17) is 0 Å². The highest BCUT2D eigenvalue weighted by Gasteiger charge is 2.41. The first-order chi connectivity index (χ1) is 35.1. The van der Waals surface area contributed by atoms with Gasteiger partial charge in [0, 0.05) is 22.4 Å². The van der Waals surface area contributed by atoms with Gasteiger partial charge in [-0.15, -0.1) is 0 Å². The molecule has 12 aromatic rings. The van der Waals surface area contributed by atoms with Crippen LogP contribution in [0.5, 0.6) is 0 Å². The van der Waals surface area contributed by atoms with Crippen molar-refractivity contribution in [3.63, 3.8) is 0 Å². The van der Waals surface area contributed by atoms with Gasteiger partial charge in [0.2, 0.25) is 0 Å². The predicted molar refractivity (Wildman–Crippen MR) is 301 cm³/mol. The Balaban J connectivity index is 1.09. The second kappa shape index (κ2) is 17.5. The van der Waals surface area contributed by atoms with Gasteiger partial charge in [-0.25, -0.2) is 0 Å². The first kappa shape index (κ1) is 42.1. The van der Waals surface area contributed by atoms with E-state index in [1.807, 2.05) is 0 Å². The van der Waals surface area contributed by atoms with Crippen molar-refractivity contribution in [2.24, 2.45) is 0 Å². The summed E-state index contributed by atoms with van der Waals surface area (Å²) in [5.74, 6) is 0. The molecule has 1 aliphatic rings. The Bertz CT molecular complexity index is 3860. The Kier molecular flexibility index (Phi) is 10.4. The van der Waals surface area contributed by atoms with Crippen LogP contribution in [-0.4, -0.2) is 0 Å². The summed E-state index contributed by atoms with van der Waals surface area (Å²) in [7, 11) is 0. The Hall–Kier alpha value is -9.04. The lowest BCUT2D eigenvalue weighted by atomic mass is 9.74. The van der Waals surface area contributed by atoms with Crippen molar-refractivity contribution in [2.45, 2.75) is 12.3 Å². The lowest BCUT2D eigenvalue weighted by Crippen LogP contribution is -2.22. The summed E-state index contributed by atoms with van der Waals surface area (Å²) in [4.78, 5) is 2.51. The highest BCUT2D eigenvalue weighted by molar-refractivity contribution is 6.22. The minimum atomic E-state index is -0.313. The summed E-state index contributed by atoms with van der Waals surface area (Å²) in [6.45, 7) is 2.39. The SMILES string of the molecule is CC1(c2ccccc2)c2ccccc2-c2cc(N(c3cc(-c4ccccc4)cc(-c4ccccc4)c3)c3ccccc3-c3ccc4c(c3)c(-c3ccccc3)c(-c3ccccc3)c3ccccc34)ccc21. The van der Waals surface area contributed by atoms with E-state index in [0.717, 1.165) is 39.3 Å². The Morgan fingerprint density at radius 1 is 0.268 bits per heavy atom. The summed E-state index contributed by atoms with van der Waals surface area (Å²) in [5, 5.41) is 4.95. The van der Waals surface area contributed by atoms with Gasteiger partial charge in [0.1, 0.15) is 0 Å². The molecule has 0 heterocycles.